The van der Waals surface area contributed by atoms with E-state index < -0.39 is 0 Å². The van der Waals surface area contributed by atoms with Gasteiger partial charge < -0.3 is 15.7 Å². The van der Waals surface area contributed by atoms with E-state index in [1.807, 2.05) is 0 Å². The molecule has 0 atom stereocenters. The van der Waals surface area contributed by atoms with E-state index in [0.717, 1.165) is 0 Å². The fraction of sp³-hybridized carbons (Fsp3) is 0.400. The minimum absolute atomic E-state index is 0. The van der Waals surface area contributed by atoms with Crippen LogP contribution in [0, 0.1) is 0 Å². The van der Waals surface area contributed by atoms with Gasteiger partial charge in [-0.1, -0.05) is 0 Å². The number of hydrogen-bond acceptors (Lipinski definition) is 4. The molecule has 0 amide bonds. The van der Waals surface area contributed by atoms with Gasteiger partial charge in [0.25, 0.3) is 0 Å². The minimum Gasteiger partial charge on any atom is -0.512 e. The molecular formula is C10H18O5V. The molecular weight excluding hydrogens is 251 g/mol. The van der Waals surface area contributed by atoms with Crippen molar-refractivity contribution in [3.63, 3.8) is 0 Å². The zero-order chi connectivity index (χ0) is 11.7. The van der Waals surface area contributed by atoms with Crippen LogP contribution in [0.25, 0.3) is 0 Å². The molecule has 0 rings (SSSR count). The Balaban J connectivity index is -0.0000000800. The van der Waals surface area contributed by atoms with Crippen molar-refractivity contribution >= 4 is 11.6 Å². The molecule has 6 heteroatoms. The van der Waals surface area contributed by atoms with Crippen molar-refractivity contribution in [2.75, 3.05) is 0 Å². The first kappa shape index (κ1) is 24.3. The van der Waals surface area contributed by atoms with Crippen molar-refractivity contribution in [2.45, 2.75) is 27.7 Å². The van der Waals surface area contributed by atoms with Crippen LogP contribution in [0.2, 0.25) is 0 Å². The molecule has 0 aliphatic carbocycles. The topological polar surface area (TPSA) is 106 Å². The quantitative estimate of drug-likeness (QED) is 0.581. The smallest absolute Gasteiger partial charge is 0.155 e. The zero-order valence-electron chi connectivity index (χ0n) is 9.81. The summed E-state index contributed by atoms with van der Waals surface area (Å²) in [7, 11) is 0. The zero-order valence-corrected chi connectivity index (χ0v) is 11.2. The van der Waals surface area contributed by atoms with Crippen LogP contribution in [0.1, 0.15) is 27.7 Å². The van der Waals surface area contributed by atoms with Gasteiger partial charge in [0.1, 0.15) is 0 Å². The van der Waals surface area contributed by atoms with Gasteiger partial charge in [-0.15, -0.1) is 0 Å². The van der Waals surface area contributed by atoms with E-state index in [-0.39, 0.29) is 47.1 Å². The monoisotopic (exact) mass is 269 g/mol. The van der Waals surface area contributed by atoms with Crippen LogP contribution in [-0.4, -0.2) is 27.3 Å². The summed E-state index contributed by atoms with van der Waals surface area (Å²) in [6, 6.07) is 0. The van der Waals surface area contributed by atoms with E-state index >= 15 is 0 Å². The van der Waals surface area contributed by atoms with Crippen LogP contribution >= 0.6 is 0 Å². The van der Waals surface area contributed by atoms with Crippen LogP contribution in [0.15, 0.2) is 23.7 Å². The summed E-state index contributed by atoms with van der Waals surface area (Å²) in [4.78, 5) is 20.0. The molecule has 0 aromatic carbocycles. The number of rotatable bonds is 2. The van der Waals surface area contributed by atoms with E-state index in [0.29, 0.717) is 0 Å². The second kappa shape index (κ2) is 14.0. The van der Waals surface area contributed by atoms with Gasteiger partial charge in [-0.2, -0.15) is 0 Å². The van der Waals surface area contributed by atoms with Crippen molar-refractivity contribution in [3.05, 3.63) is 23.7 Å². The van der Waals surface area contributed by atoms with E-state index in [1.54, 1.807) is 0 Å². The Kier molecular flexibility index (Phi) is 21.2. The Morgan fingerprint density at radius 1 is 0.812 bits per heavy atom. The molecule has 0 aromatic rings. The third kappa shape index (κ3) is 38.3. The minimum atomic E-state index is -0.125. The molecule has 0 aliphatic rings. The van der Waals surface area contributed by atoms with Crippen molar-refractivity contribution in [1.29, 1.82) is 0 Å². The molecule has 5 nitrogen and oxygen atoms in total. The Labute approximate surface area is 107 Å². The van der Waals surface area contributed by atoms with Crippen LogP contribution in [0.3, 0.4) is 0 Å². The first-order valence-electron chi connectivity index (χ1n) is 4.01. The van der Waals surface area contributed by atoms with E-state index in [4.69, 9.17) is 10.2 Å². The number of aliphatic hydroxyl groups excluding tert-OH is 2. The van der Waals surface area contributed by atoms with E-state index in [1.165, 1.54) is 39.8 Å². The average molecular weight is 269 g/mol. The second-order valence-corrected chi connectivity index (χ2v) is 2.79. The maximum atomic E-state index is 10.0. The third-order valence-electron chi connectivity index (χ3n) is 0.824. The maximum absolute atomic E-state index is 10.0. The third-order valence-corrected chi connectivity index (χ3v) is 0.824. The molecule has 0 spiro atoms. The Bertz CT molecular complexity index is 232. The van der Waals surface area contributed by atoms with Crippen molar-refractivity contribution in [3.8, 4) is 0 Å². The summed E-state index contributed by atoms with van der Waals surface area (Å²) in [5, 5.41) is 16.7. The van der Waals surface area contributed by atoms with Gasteiger partial charge in [0.2, 0.25) is 0 Å². The molecule has 4 N–H and O–H groups in total. The van der Waals surface area contributed by atoms with Crippen molar-refractivity contribution in [2.24, 2.45) is 0 Å². The summed E-state index contributed by atoms with van der Waals surface area (Å²) < 4.78 is 0. The first-order valence-corrected chi connectivity index (χ1v) is 4.01. The van der Waals surface area contributed by atoms with Crippen molar-refractivity contribution < 1.29 is 43.8 Å². The van der Waals surface area contributed by atoms with Crippen LogP contribution in [0.5, 0.6) is 0 Å². The SMILES string of the molecule is CC(=O)/C=C(/C)O.CC(=O)/C=C(/C)O.O.[V]. The molecule has 93 valence electrons. The molecule has 0 saturated heterocycles. The Morgan fingerprint density at radius 3 is 1.00 bits per heavy atom. The predicted octanol–water partition coefficient (Wildman–Crippen LogP) is 1.25. The van der Waals surface area contributed by atoms with Gasteiger partial charge in [-0.05, 0) is 27.7 Å². The number of carbonyl (C=O) groups excluding carboxylic acids is 2. The van der Waals surface area contributed by atoms with Gasteiger partial charge in [0.05, 0.1) is 11.5 Å². The maximum Gasteiger partial charge on any atom is 0.155 e. The molecule has 16 heavy (non-hydrogen) atoms. The number of aliphatic hydroxyl groups is 2. The molecule has 0 bridgehead atoms. The number of allylic oxidation sites excluding steroid dienone is 4. The second-order valence-electron chi connectivity index (χ2n) is 2.79. The summed E-state index contributed by atoms with van der Waals surface area (Å²) in [6.07, 6.45) is 2.33. The van der Waals surface area contributed by atoms with Gasteiger partial charge in [0, 0.05) is 30.7 Å². The molecule has 0 fully saturated rings. The largest absolute Gasteiger partial charge is 0.512 e. The number of hydrogen-bond donors (Lipinski definition) is 2. The molecule has 0 saturated carbocycles. The van der Waals surface area contributed by atoms with Gasteiger partial charge in [-0.3, -0.25) is 9.59 Å². The molecule has 0 aromatic heterocycles. The fourth-order valence-corrected chi connectivity index (χ4v) is 0.588. The molecule has 0 unspecified atom stereocenters. The number of carbonyl (C=O) groups is 2. The molecule has 0 heterocycles. The first-order chi connectivity index (χ1) is 6.25. The normalized spacial score (nSPS) is 10.0. The standard InChI is InChI=1S/2C5H8O2.H2O.V/c2*1-4(6)3-5(2)7;;/h2*3,6H,1-2H3;1H2;/b2*4-3-;;. The van der Waals surface area contributed by atoms with Crippen LogP contribution in [-0.2, 0) is 28.1 Å². The summed E-state index contributed by atoms with van der Waals surface area (Å²) in [5.74, 6) is -0.125. The molecule has 1 radical (unpaired) electrons. The van der Waals surface area contributed by atoms with E-state index in [9.17, 15) is 9.59 Å². The summed E-state index contributed by atoms with van der Waals surface area (Å²) >= 11 is 0. The molecule has 0 aliphatic heterocycles. The summed E-state index contributed by atoms with van der Waals surface area (Å²) in [6.45, 7) is 5.70. The fourth-order valence-electron chi connectivity index (χ4n) is 0.588. The average Bonchev–Trinajstić information content (AvgIpc) is 1.79. The van der Waals surface area contributed by atoms with Crippen molar-refractivity contribution in [1.82, 2.24) is 0 Å². The van der Waals surface area contributed by atoms with Crippen LogP contribution < -0.4 is 0 Å². The van der Waals surface area contributed by atoms with E-state index in [2.05, 4.69) is 0 Å². The summed E-state index contributed by atoms with van der Waals surface area (Å²) in [5.41, 5.74) is 0. The number of ketones is 2. The Morgan fingerprint density at radius 2 is 1.00 bits per heavy atom. The van der Waals surface area contributed by atoms with Gasteiger partial charge in [0.15, 0.2) is 11.6 Å². The predicted molar refractivity (Wildman–Crippen MR) is 57.7 cm³/mol. The van der Waals surface area contributed by atoms with Gasteiger partial charge in [-0.25, -0.2) is 0 Å². The van der Waals surface area contributed by atoms with Crippen LogP contribution in [0.4, 0.5) is 0 Å². The Hall–Kier alpha value is -1.04. The van der Waals surface area contributed by atoms with Gasteiger partial charge >= 0.3 is 0 Å².